The summed E-state index contributed by atoms with van der Waals surface area (Å²) in [5.74, 6) is 0. The predicted molar refractivity (Wildman–Crippen MR) is 56.4 cm³/mol. The van der Waals surface area contributed by atoms with Gasteiger partial charge in [0.25, 0.3) is 0 Å². The Hall–Kier alpha value is -0.800. The van der Waals surface area contributed by atoms with E-state index in [1.807, 2.05) is 18.2 Å². The first-order valence-electron chi connectivity index (χ1n) is 5.37. The minimum absolute atomic E-state index is 0.471. The van der Waals surface area contributed by atoms with Crippen LogP contribution in [0.2, 0.25) is 0 Å². The van der Waals surface area contributed by atoms with E-state index in [1.165, 1.54) is 25.7 Å². The van der Waals surface area contributed by atoms with E-state index in [4.69, 9.17) is 5.73 Å². The van der Waals surface area contributed by atoms with Crippen molar-refractivity contribution in [2.45, 2.75) is 38.0 Å². The quantitative estimate of drug-likeness (QED) is 0.688. The van der Waals surface area contributed by atoms with Gasteiger partial charge in [-0.3, -0.25) is 0 Å². The van der Waals surface area contributed by atoms with Crippen LogP contribution in [-0.2, 0) is 0 Å². The van der Waals surface area contributed by atoms with E-state index in [1.54, 1.807) is 0 Å². The molecule has 0 spiro atoms. The number of nitrogens with two attached hydrogens (primary N) is 1. The molecule has 1 unspecified atom stereocenters. The average Bonchev–Trinajstić information content (AvgIpc) is 2.70. The number of hydrogen-bond acceptors (Lipinski definition) is 3. The summed E-state index contributed by atoms with van der Waals surface area (Å²) in [6.07, 6.45) is 10.2. The van der Waals surface area contributed by atoms with E-state index in [0.29, 0.717) is 12.6 Å². The number of aliphatic hydroxyl groups is 1. The summed E-state index contributed by atoms with van der Waals surface area (Å²) in [6, 6.07) is 0.491. The fraction of sp³-hybridized carbons (Fsp3) is 0.636. The zero-order chi connectivity index (χ0) is 9.97. The molecule has 1 fully saturated rings. The van der Waals surface area contributed by atoms with Gasteiger partial charge in [0.1, 0.15) is 6.23 Å². The summed E-state index contributed by atoms with van der Waals surface area (Å²) in [4.78, 5) is 2.08. The van der Waals surface area contributed by atoms with Crippen molar-refractivity contribution in [3.8, 4) is 0 Å². The van der Waals surface area contributed by atoms with Crippen LogP contribution in [-0.4, -0.2) is 28.8 Å². The molecular formula is C11H18N2O. The molecule has 0 aromatic heterocycles. The van der Waals surface area contributed by atoms with Gasteiger partial charge in [-0.15, -0.1) is 0 Å². The first-order chi connectivity index (χ1) is 6.83. The molecule has 0 aromatic rings. The van der Waals surface area contributed by atoms with Crippen LogP contribution in [0.15, 0.2) is 23.9 Å². The molecule has 0 radical (unpaired) electrons. The molecule has 0 saturated heterocycles. The largest absolute Gasteiger partial charge is 0.370 e. The average molecular weight is 194 g/mol. The topological polar surface area (TPSA) is 49.5 Å². The second-order valence-electron chi connectivity index (χ2n) is 4.01. The predicted octanol–water partition coefficient (Wildman–Crippen LogP) is 0.962. The Morgan fingerprint density at radius 2 is 2.14 bits per heavy atom. The lowest BCUT2D eigenvalue weighted by Gasteiger charge is -2.37. The molecule has 3 nitrogen and oxygen atoms in total. The van der Waals surface area contributed by atoms with Gasteiger partial charge in [0.15, 0.2) is 0 Å². The highest BCUT2D eigenvalue weighted by Gasteiger charge is 2.28. The van der Waals surface area contributed by atoms with Gasteiger partial charge in [-0.25, -0.2) is 0 Å². The number of nitrogens with zero attached hydrogens (tertiary/aromatic N) is 1. The molecule has 0 aromatic carbocycles. The van der Waals surface area contributed by atoms with Gasteiger partial charge < -0.3 is 15.7 Å². The van der Waals surface area contributed by atoms with Crippen molar-refractivity contribution in [1.29, 1.82) is 0 Å². The Bertz CT molecular complexity index is 254. The van der Waals surface area contributed by atoms with Gasteiger partial charge in [-0.05, 0) is 25.0 Å². The lowest BCUT2D eigenvalue weighted by molar-refractivity contribution is 0.0359. The highest BCUT2D eigenvalue weighted by Crippen LogP contribution is 2.29. The smallest absolute Gasteiger partial charge is 0.146 e. The maximum atomic E-state index is 9.87. The van der Waals surface area contributed by atoms with Crippen LogP contribution >= 0.6 is 0 Å². The van der Waals surface area contributed by atoms with Gasteiger partial charge in [-0.1, -0.05) is 18.9 Å². The van der Waals surface area contributed by atoms with E-state index in [-0.39, 0.29) is 0 Å². The van der Waals surface area contributed by atoms with Crippen LogP contribution in [0, 0.1) is 0 Å². The van der Waals surface area contributed by atoms with E-state index in [2.05, 4.69) is 4.90 Å². The molecule has 1 atom stereocenters. The third kappa shape index (κ3) is 1.70. The first kappa shape index (κ1) is 9.74. The number of aliphatic hydroxyl groups excluding tert-OH is 1. The zero-order valence-electron chi connectivity index (χ0n) is 8.39. The molecule has 3 heteroatoms. The molecule has 0 amide bonds. The standard InChI is InChI=1S/C11H18N2O/c12-8-10-6-3-7-11(14)13(10)9-4-1-2-5-9/h3,6-7,9,11,14H,1-2,4-5,8,12H2. The van der Waals surface area contributed by atoms with Crippen LogP contribution in [0.5, 0.6) is 0 Å². The maximum Gasteiger partial charge on any atom is 0.146 e. The lowest BCUT2D eigenvalue weighted by atomic mass is 10.1. The molecule has 1 aliphatic heterocycles. The Labute approximate surface area is 84.9 Å². The van der Waals surface area contributed by atoms with Gasteiger partial charge >= 0.3 is 0 Å². The monoisotopic (exact) mass is 194 g/mol. The molecule has 1 aliphatic carbocycles. The van der Waals surface area contributed by atoms with Crippen molar-refractivity contribution >= 4 is 0 Å². The fourth-order valence-corrected chi connectivity index (χ4v) is 2.42. The summed E-state index contributed by atoms with van der Waals surface area (Å²) >= 11 is 0. The van der Waals surface area contributed by atoms with Crippen LogP contribution in [0.1, 0.15) is 25.7 Å². The van der Waals surface area contributed by atoms with E-state index in [0.717, 1.165) is 5.70 Å². The zero-order valence-corrected chi connectivity index (χ0v) is 8.39. The second kappa shape index (κ2) is 4.15. The summed E-state index contributed by atoms with van der Waals surface area (Å²) in [6.45, 7) is 0.512. The van der Waals surface area contributed by atoms with Crippen LogP contribution in [0.25, 0.3) is 0 Å². The Kier molecular flexibility index (Phi) is 2.89. The minimum atomic E-state index is -0.471. The molecule has 3 N–H and O–H groups in total. The van der Waals surface area contributed by atoms with Crippen LogP contribution < -0.4 is 5.73 Å². The SMILES string of the molecule is NCC1=CC=CC(O)N1C1CCCC1. The van der Waals surface area contributed by atoms with E-state index in [9.17, 15) is 5.11 Å². The van der Waals surface area contributed by atoms with Gasteiger partial charge in [0.05, 0.1) is 0 Å². The normalized spacial score (nSPS) is 28.3. The number of hydrogen-bond donors (Lipinski definition) is 2. The van der Waals surface area contributed by atoms with E-state index >= 15 is 0 Å². The van der Waals surface area contributed by atoms with Crippen molar-refractivity contribution in [3.63, 3.8) is 0 Å². The molecule has 2 rings (SSSR count). The summed E-state index contributed by atoms with van der Waals surface area (Å²) in [7, 11) is 0. The van der Waals surface area contributed by atoms with Gasteiger partial charge in [0.2, 0.25) is 0 Å². The van der Waals surface area contributed by atoms with Crippen molar-refractivity contribution < 1.29 is 5.11 Å². The fourth-order valence-electron chi connectivity index (χ4n) is 2.42. The second-order valence-corrected chi connectivity index (χ2v) is 4.01. The Morgan fingerprint density at radius 3 is 2.79 bits per heavy atom. The summed E-state index contributed by atoms with van der Waals surface area (Å²) in [5, 5.41) is 9.87. The van der Waals surface area contributed by atoms with Crippen molar-refractivity contribution in [2.75, 3.05) is 6.54 Å². The van der Waals surface area contributed by atoms with E-state index < -0.39 is 6.23 Å². The lowest BCUT2D eigenvalue weighted by Crippen LogP contribution is -2.43. The van der Waals surface area contributed by atoms with Crippen molar-refractivity contribution in [3.05, 3.63) is 23.9 Å². The molecule has 14 heavy (non-hydrogen) atoms. The highest BCUT2D eigenvalue weighted by atomic mass is 16.3. The summed E-state index contributed by atoms with van der Waals surface area (Å²) < 4.78 is 0. The third-order valence-electron chi connectivity index (χ3n) is 3.12. The highest BCUT2D eigenvalue weighted by molar-refractivity contribution is 5.21. The molecule has 1 heterocycles. The summed E-state index contributed by atoms with van der Waals surface area (Å²) in [5.41, 5.74) is 6.73. The van der Waals surface area contributed by atoms with Gasteiger partial charge in [0, 0.05) is 18.3 Å². The molecule has 1 saturated carbocycles. The molecular weight excluding hydrogens is 176 g/mol. The Morgan fingerprint density at radius 1 is 1.43 bits per heavy atom. The van der Waals surface area contributed by atoms with Crippen LogP contribution in [0.4, 0.5) is 0 Å². The number of rotatable bonds is 2. The molecule has 0 bridgehead atoms. The maximum absolute atomic E-state index is 9.87. The van der Waals surface area contributed by atoms with Crippen LogP contribution in [0.3, 0.4) is 0 Å². The minimum Gasteiger partial charge on any atom is -0.370 e. The third-order valence-corrected chi connectivity index (χ3v) is 3.12. The molecule has 78 valence electrons. The van der Waals surface area contributed by atoms with Crippen molar-refractivity contribution in [2.24, 2.45) is 5.73 Å². The Balaban J connectivity index is 2.13. The van der Waals surface area contributed by atoms with Gasteiger partial charge in [-0.2, -0.15) is 0 Å². The number of allylic oxidation sites excluding steroid dienone is 2. The molecule has 2 aliphatic rings. The van der Waals surface area contributed by atoms with Crippen molar-refractivity contribution in [1.82, 2.24) is 4.90 Å². The first-order valence-corrected chi connectivity index (χ1v) is 5.37.